The molecule has 1 aromatic rings. The fourth-order valence-corrected chi connectivity index (χ4v) is 0.348. The van der Waals surface area contributed by atoms with E-state index in [4.69, 9.17) is 5.73 Å². The van der Waals surface area contributed by atoms with Crippen LogP contribution in [0, 0.1) is 0 Å². The van der Waals surface area contributed by atoms with E-state index in [1.54, 1.807) is 0 Å². The van der Waals surface area contributed by atoms with Gasteiger partial charge >= 0.3 is 5.82 Å². The number of nitrogens with two attached hydrogens (primary N) is 1. The molecule has 1 aromatic heterocycles. The van der Waals surface area contributed by atoms with Gasteiger partial charge in [-0.15, -0.1) is 0 Å². The Morgan fingerprint density at radius 1 is 1.67 bits per heavy atom. The first-order valence-corrected chi connectivity index (χ1v) is 2.08. The molecule has 0 aliphatic carbocycles. The molecule has 0 bridgehead atoms. The molecule has 1 amide bonds. The molecule has 9 heavy (non-hydrogen) atoms. The van der Waals surface area contributed by atoms with Crippen LogP contribution in [-0.4, -0.2) is 5.91 Å². The van der Waals surface area contributed by atoms with Gasteiger partial charge in [0.15, 0.2) is 0 Å². The Labute approximate surface area is 49.1 Å². The zero-order valence-corrected chi connectivity index (χ0v) is 4.29. The van der Waals surface area contributed by atoms with Gasteiger partial charge in [-0.05, 0) is 0 Å². The highest BCUT2D eigenvalue weighted by atomic mass is 16.6. The van der Waals surface area contributed by atoms with Gasteiger partial charge in [0.1, 0.15) is 6.26 Å². The Morgan fingerprint density at radius 3 is 2.56 bits per heavy atom. The van der Waals surface area contributed by atoms with Crippen molar-refractivity contribution < 1.29 is 13.6 Å². The lowest BCUT2D eigenvalue weighted by molar-refractivity contribution is 0.0972. The zero-order chi connectivity index (χ0) is 6.85. The normalized spacial score (nSPS) is 9.33. The summed E-state index contributed by atoms with van der Waals surface area (Å²) < 4.78 is 8.25. The minimum absolute atomic E-state index is 0.264. The molecule has 0 spiro atoms. The van der Waals surface area contributed by atoms with Crippen LogP contribution in [-0.2, 0) is 0 Å². The molecule has 0 atom stereocenters. The Hall–Kier alpha value is -1.52. The van der Waals surface area contributed by atoms with Gasteiger partial charge in [-0.3, -0.25) is 4.79 Å². The molecule has 0 radical (unpaired) electrons. The number of carbonyl (C=O) groups excluding carboxylic acids is 1. The summed E-state index contributed by atoms with van der Waals surface area (Å²) in [4.78, 5) is 20.2. The van der Waals surface area contributed by atoms with Gasteiger partial charge in [-0.2, -0.15) is 0 Å². The first-order chi connectivity index (χ1) is 4.20. The summed E-state index contributed by atoms with van der Waals surface area (Å²) in [6, 6.07) is 0. The maximum absolute atomic E-state index is 10.1. The van der Waals surface area contributed by atoms with E-state index in [2.05, 4.69) is 8.83 Å². The quantitative estimate of drug-likeness (QED) is 0.544. The van der Waals surface area contributed by atoms with Crippen LogP contribution in [0.2, 0.25) is 0 Å². The summed E-state index contributed by atoms with van der Waals surface area (Å²) in [5.41, 5.74) is 4.70. The molecule has 0 unspecified atom stereocenters. The van der Waals surface area contributed by atoms with Crippen molar-refractivity contribution in [2.45, 2.75) is 0 Å². The molecule has 0 aliphatic rings. The third-order valence-corrected chi connectivity index (χ3v) is 0.698. The van der Waals surface area contributed by atoms with E-state index in [1.165, 1.54) is 0 Å². The Morgan fingerprint density at radius 2 is 2.33 bits per heavy atom. The monoisotopic (exact) mass is 129 g/mol. The van der Waals surface area contributed by atoms with E-state index in [1.807, 2.05) is 0 Å². The predicted molar refractivity (Wildman–Crippen MR) is 25.8 cm³/mol. The SMILES string of the molecule is NC(=O)c1coc(=O)o1. The minimum atomic E-state index is -0.927. The van der Waals surface area contributed by atoms with E-state index in [9.17, 15) is 9.59 Å². The van der Waals surface area contributed by atoms with Crippen molar-refractivity contribution in [3.05, 3.63) is 22.6 Å². The van der Waals surface area contributed by atoms with Gasteiger partial charge < -0.3 is 14.6 Å². The van der Waals surface area contributed by atoms with Crippen LogP contribution in [0.5, 0.6) is 0 Å². The third kappa shape index (κ3) is 0.987. The highest BCUT2D eigenvalue weighted by Gasteiger charge is 2.05. The van der Waals surface area contributed by atoms with Crippen LogP contribution in [0.3, 0.4) is 0 Å². The molecule has 5 nitrogen and oxygen atoms in total. The average Bonchev–Trinajstić information content (AvgIpc) is 2.14. The number of amides is 1. The summed E-state index contributed by atoms with van der Waals surface area (Å²) in [6.45, 7) is 0. The number of primary amides is 1. The van der Waals surface area contributed by atoms with Crippen molar-refractivity contribution in [1.29, 1.82) is 0 Å². The van der Waals surface area contributed by atoms with Gasteiger partial charge in [0.2, 0.25) is 5.76 Å². The van der Waals surface area contributed by atoms with Gasteiger partial charge in [-0.25, -0.2) is 4.79 Å². The van der Waals surface area contributed by atoms with Crippen molar-refractivity contribution in [3.8, 4) is 0 Å². The zero-order valence-electron chi connectivity index (χ0n) is 4.29. The van der Waals surface area contributed by atoms with Crippen molar-refractivity contribution in [3.63, 3.8) is 0 Å². The lowest BCUT2D eigenvalue weighted by atomic mass is 10.5. The van der Waals surface area contributed by atoms with E-state index in [0.717, 1.165) is 6.26 Å². The Balaban J connectivity index is 3.12. The van der Waals surface area contributed by atoms with Crippen LogP contribution in [0.1, 0.15) is 10.6 Å². The largest absolute Gasteiger partial charge is 0.519 e. The van der Waals surface area contributed by atoms with E-state index < -0.39 is 11.7 Å². The van der Waals surface area contributed by atoms with Crippen LogP contribution in [0.25, 0.3) is 0 Å². The van der Waals surface area contributed by atoms with Gasteiger partial charge in [-0.1, -0.05) is 0 Å². The smallest absolute Gasteiger partial charge is 0.398 e. The maximum atomic E-state index is 10.1. The van der Waals surface area contributed by atoms with Crippen LogP contribution >= 0.6 is 0 Å². The second kappa shape index (κ2) is 1.77. The van der Waals surface area contributed by atoms with Crippen molar-refractivity contribution >= 4 is 5.91 Å². The lowest BCUT2D eigenvalue weighted by Gasteiger charge is -1.76. The molecule has 0 aromatic carbocycles. The van der Waals surface area contributed by atoms with Gasteiger partial charge in [0, 0.05) is 0 Å². The van der Waals surface area contributed by atoms with Crippen molar-refractivity contribution in [1.82, 2.24) is 0 Å². The molecule has 0 aliphatic heterocycles. The molecule has 1 heterocycles. The molecule has 0 saturated heterocycles. The number of carbonyl (C=O) groups is 1. The average molecular weight is 129 g/mol. The van der Waals surface area contributed by atoms with Crippen molar-refractivity contribution in [2.75, 3.05) is 0 Å². The van der Waals surface area contributed by atoms with Crippen molar-refractivity contribution in [2.24, 2.45) is 5.73 Å². The second-order valence-electron chi connectivity index (χ2n) is 1.32. The number of hydrogen-bond donors (Lipinski definition) is 1. The van der Waals surface area contributed by atoms with Gasteiger partial charge in [0.25, 0.3) is 5.91 Å². The summed E-state index contributed by atoms with van der Waals surface area (Å²) in [6.07, 6.45) is 0.866. The third-order valence-electron chi connectivity index (χ3n) is 0.698. The molecule has 1 rings (SSSR count). The minimum Gasteiger partial charge on any atom is -0.398 e. The summed E-state index contributed by atoms with van der Waals surface area (Å²) in [5, 5.41) is 0. The van der Waals surface area contributed by atoms with Crippen LogP contribution in [0.15, 0.2) is 19.9 Å². The molecule has 2 N–H and O–H groups in total. The Kier molecular flexibility index (Phi) is 1.11. The fourth-order valence-electron chi connectivity index (χ4n) is 0.348. The molecule has 0 fully saturated rings. The maximum Gasteiger partial charge on any atom is 0.519 e. The highest BCUT2D eigenvalue weighted by molar-refractivity contribution is 5.89. The number of rotatable bonds is 1. The topological polar surface area (TPSA) is 86.4 Å². The first kappa shape index (κ1) is 5.61. The Bertz CT molecular complexity index is 270. The molecular weight excluding hydrogens is 126 g/mol. The molecular formula is C4H3NO4. The van der Waals surface area contributed by atoms with Crippen LogP contribution in [0.4, 0.5) is 0 Å². The molecule has 0 saturated carbocycles. The molecule has 48 valence electrons. The lowest BCUT2D eigenvalue weighted by Crippen LogP contribution is -2.09. The van der Waals surface area contributed by atoms with E-state index in [0.29, 0.717) is 0 Å². The highest BCUT2D eigenvalue weighted by Crippen LogP contribution is 1.90. The standard InChI is InChI=1S/C4H3NO4/c5-3(6)2-1-8-4(7)9-2/h1H,(H2,5,6). The summed E-state index contributed by atoms with van der Waals surface area (Å²) >= 11 is 0. The first-order valence-electron chi connectivity index (χ1n) is 2.08. The van der Waals surface area contributed by atoms with Crippen LogP contribution < -0.4 is 11.6 Å². The van der Waals surface area contributed by atoms with Gasteiger partial charge in [0.05, 0.1) is 0 Å². The predicted octanol–water partition coefficient (Wildman–Crippen LogP) is -0.668. The second-order valence-corrected chi connectivity index (χ2v) is 1.32. The molecule has 5 heteroatoms. The summed E-state index contributed by atoms with van der Waals surface area (Å²) in [5.74, 6) is -2.01. The fraction of sp³-hybridized carbons (Fsp3) is 0. The van der Waals surface area contributed by atoms with E-state index in [-0.39, 0.29) is 5.76 Å². The number of hydrogen-bond acceptors (Lipinski definition) is 4. The summed E-state index contributed by atoms with van der Waals surface area (Å²) in [7, 11) is 0. The van der Waals surface area contributed by atoms with E-state index >= 15 is 0 Å².